The van der Waals surface area contributed by atoms with Crippen molar-refractivity contribution in [3.8, 4) is 0 Å². The Labute approximate surface area is 107 Å². The molecule has 0 atom stereocenters. The Morgan fingerprint density at radius 1 is 1.59 bits per heavy atom. The molecule has 90 valence electrons. The average Bonchev–Trinajstić information content (AvgIpc) is 2.88. The minimum Gasteiger partial charge on any atom is -0.349 e. The van der Waals surface area contributed by atoms with Gasteiger partial charge in [-0.25, -0.2) is 0 Å². The van der Waals surface area contributed by atoms with Gasteiger partial charge in [0.25, 0.3) is 5.91 Å². The van der Waals surface area contributed by atoms with Gasteiger partial charge in [-0.05, 0) is 22.0 Å². The predicted molar refractivity (Wildman–Crippen MR) is 65.5 cm³/mol. The third kappa shape index (κ3) is 2.94. The molecule has 2 aromatic rings. The molecule has 0 fully saturated rings. The van der Waals surface area contributed by atoms with E-state index < -0.39 is 0 Å². The van der Waals surface area contributed by atoms with Crippen molar-refractivity contribution in [3.05, 3.63) is 34.8 Å². The molecule has 0 spiro atoms. The van der Waals surface area contributed by atoms with Crippen LogP contribution in [0.4, 0.5) is 0 Å². The molecule has 2 aromatic heterocycles. The van der Waals surface area contributed by atoms with Crippen LogP contribution in [0.1, 0.15) is 10.5 Å². The third-order valence-corrected chi connectivity index (χ3v) is 2.74. The van der Waals surface area contributed by atoms with Crippen molar-refractivity contribution in [2.24, 2.45) is 7.05 Å². The van der Waals surface area contributed by atoms with Gasteiger partial charge in [0.05, 0.1) is 12.7 Å². The fraction of sp³-hybridized carbons (Fsp3) is 0.300. The number of carbonyl (C=O) groups excluding carboxylic acids is 1. The van der Waals surface area contributed by atoms with E-state index >= 15 is 0 Å². The van der Waals surface area contributed by atoms with Crippen LogP contribution in [0.25, 0.3) is 0 Å². The van der Waals surface area contributed by atoms with Crippen LogP contribution in [-0.2, 0) is 13.6 Å². The van der Waals surface area contributed by atoms with Gasteiger partial charge < -0.3 is 9.88 Å². The molecule has 0 saturated heterocycles. The van der Waals surface area contributed by atoms with Crippen LogP contribution < -0.4 is 5.32 Å². The summed E-state index contributed by atoms with van der Waals surface area (Å²) in [5, 5.41) is 10.3. The maximum atomic E-state index is 11.8. The van der Waals surface area contributed by atoms with Gasteiger partial charge in [-0.2, -0.15) is 0 Å². The lowest BCUT2D eigenvalue weighted by atomic mass is 10.4. The fourth-order valence-corrected chi connectivity index (χ4v) is 2.00. The zero-order valence-electron chi connectivity index (χ0n) is 9.30. The highest BCUT2D eigenvalue weighted by molar-refractivity contribution is 9.10. The summed E-state index contributed by atoms with van der Waals surface area (Å²) in [5.74, 6) is -0.0988. The predicted octanol–water partition coefficient (Wildman–Crippen LogP) is 0.809. The zero-order chi connectivity index (χ0) is 12.3. The van der Waals surface area contributed by atoms with Gasteiger partial charge in [-0.3, -0.25) is 9.48 Å². The number of nitrogens with zero attached hydrogens (tertiary/aromatic N) is 4. The highest BCUT2D eigenvalue weighted by Crippen LogP contribution is 2.13. The van der Waals surface area contributed by atoms with E-state index in [0.29, 0.717) is 18.8 Å². The molecule has 0 aliphatic carbocycles. The molecule has 0 aliphatic rings. The van der Waals surface area contributed by atoms with Crippen molar-refractivity contribution in [1.82, 2.24) is 24.9 Å². The summed E-state index contributed by atoms with van der Waals surface area (Å²) < 4.78 is 4.33. The number of hydrogen-bond donors (Lipinski definition) is 1. The van der Waals surface area contributed by atoms with Crippen LogP contribution in [0.5, 0.6) is 0 Å². The molecule has 2 rings (SSSR count). The molecule has 0 aromatic carbocycles. The van der Waals surface area contributed by atoms with Gasteiger partial charge in [-0.15, -0.1) is 5.10 Å². The molecule has 2 heterocycles. The third-order valence-electron chi connectivity index (χ3n) is 2.30. The van der Waals surface area contributed by atoms with Crippen molar-refractivity contribution < 1.29 is 4.79 Å². The Morgan fingerprint density at radius 2 is 2.41 bits per heavy atom. The number of aryl methyl sites for hydroxylation is 1. The van der Waals surface area contributed by atoms with Crippen LogP contribution >= 0.6 is 15.9 Å². The van der Waals surface area contributed by atoms with E-state index in [4.69, 9.17) is 0 Å². The van der Waals surface area contributed by atoms with Gasteiger partial charge in [0.2, 0.25) is 0 Å². The maximum absolute atomic E-state index is 11.8. The van der Waals surface area contributed by atoms with Gasteiger partial charge in [0, 0.05) is 30.5 Å². The van der Waals surface area contributed by atoms with E-state index in [1.165, 1.54) is 0 Å². The first-order chi connectivity index (χ1) is 8.16. The van der Waals surface area contributed by atoms with Crippen LogP contribution in [0.2, 0.25) is 0 Å². The van der Waals surface area contributed by atoms with Crippen molar-refractivity contribution in [1.29, 1.82) is 0 Å². The summed E-state index contributed by atoms with van der Waals surface area (Å²) in [6.45, 7) is 1.13. The van der Waals surface area contributed by atoms with Crippen LogP contribution in [-0.4, -0.2) is 32.0 Å². The minimum atomic E-state index is -0.0988. The Morgan fingerprint density at radius 3 is 3.00 bits per heavy atom. The molecule has 0 bridgehead atoms. The van der Waals surface area contributed by atoms with E-state index in [9.17, 15) is 4.79 Å². The number of nitrogens with one attached hydrogen (secondary N) is 1. The summed E-state index contributed by atoms with van der Waals surface area (Å²) in [6.07, 6.45) is 5.20. The Bertz CT molecular complexity index is 505. The molecule has 0 radical (unpaired) electrons. The summed E-state index contributed by atoms with van der Waals surface area (Å²) >= 11 is 3.33. The van der Waals surface area contributed by atoms with Crippen molar-refractivity contribution in [2.75, 3.05) is 6.54 Å². The van der Waals surface area contributed by atoms with E-state index in [0.717, 1.165) is 4.47 Å². The summed E-state index contributed by atoms with van der Waals surface area (Å²) in [7, 11) is 1.83. The monoisotopic (exact) mass is 297 g/mol. The largest absolute Gasteiger partial charge is 0.349 e. The van der Waals surface area contributed by atoms with Gasteiger partial charge in [0.1, 0.15) is 5.69 Å². The number of hydrogen-bond acceptors (Lipinski definition) is 3. The minimum absolute atomic E-state index is 0.0988. The number of aromatic nitrogens is 4. The molecular weight excluding hydrogens is 286 g/mol. The summed E-state index contributed by atoms with van der Waals surface area (Å²) in [5.41, 5.74) is 0.621. The summed E-state index contributed by atoms with van der Waals surface area (Å²) in [6, 6.07) is 1.78. The SMILES string of the molecule is Cn1cc(Br)cc1C(=O)NCCn1ccnn1. The highest BCUT2D eigenvalue weighted by Gasteiger charge is 2.09. The van der Waals surface area contributed by atoms with E-state index in [2.05, 4.69) is 31.6 Å². The van der Waals surface area contributed by atoms with E-state index in [1.54, 1.807) is 27.7 Å². The van der Waals surface area contributed by atoms with Crippen molar-refractivity contribution in [3.63, 3.8) is 0 Å². The zero-order valence-corrected chi connectivity index (χ0v) is 10.9. The molecule has 7 heteroatoms. The van der Waals surface area contributed by atoms with Crippen molar-refractivity contribution in [2.45, 2.75) is 6.54 Å². The highest BCUT2D eigenvalue weighted by atomic mass is 79.9. The number of amides is 1. The van der Waals surface area contributed by atoms with E-state index in [-0.39, 0.29) is 5.91 Å². The first-order valence-corrected chi connectivity index (χ1v) is 5.90. The first-order valence-electron chi connectivity index (χ1n) is 5.11. The quantitative estimate of drug-likeness (QED) is 0.908. The van der Waals surface area contributed by atoms with Gasteiger partial charge in [0.15, 0.2) is 0 Å². The second-order valence-electron chi connectivity index (χ2n) is 3.58. The van der Waals surface area contributed by atoms with E-state index in [1.807, 2.05) is 13.2 Å². The number of carbonyl (C=O) groups is 1. The second kappa shape index (κ2) is 5.13. The standard InChI is InChI=1S/C10H12BrN5O/c1-15-7-8(11)6-9(15)10(17)12-2-4-16-5-3-13-14-16/h3,5-7H,2,4H2,1H3,(H,12,17). The molecule has 17 heavy (non-hydrogen) atoms. The molecule has 6 nitrogen and oxygen atoms in total. The molecule has 1 N–H and O–H groups in total. The molecule has 0 unspecified atom stereocenters. The lowest BCUT2D eigenvalue weighted by molar-refractivity contribution is 0.0944. The van der Waals surface area contributed by atoms with Crippen LogP contribution in [0, 0.1) is 0 Å². The maximum Gasteiger partial charge on any atom is 0.267 e. The number of rotatable bonds is 4. The van der Waals surface area contributed by atoms with Crippen molar-refractivity contribution >= 4 is 21.8 Å². The number of halogens is 1. The van der Waals surface area contributed by atoms with Crippen LogP contribution in [0.3, 0.4) is 0 Å². The topological polar surface area (TPSA) is 64.7 Å². The lowest BCUT2D eigenvalue weighted by Gasteiger charge is -2.05. The smallest absolute Gasteiger partial charge is 0.267 e. The molecular formula is C10H12BrN5O. The van der Waals surface area contributed by atoms with Gasteiger partial charge >= 0.3 is 0 Å². The molecule has 1 amide bonds. The van der Waals surface area contributed by atoms with Crippen LogP contribution in [0.15, 0.2) is 29.1 Å². The van der Waals surface area contributed by atoms with Gasteiger partial charge in [-0.1, -0.05) is 5.21 Å². The Hall–Kier alpha value is -1.63. The molecule has 0 saturated carbocycles. The normalized spacial score (nSPS) is 10.5. The Balaban J connectivity index is 1.87. The molecule has 0 aliphatic heterocycles. The Kier molecular flexibility index (Phi) is 3.58. The fourth-order valence-electron chi connectivity index (χ4n) is 1.48. The second-order valence-corrected chi connectivity index (χ2v) is 4.49. The lowest BCUT2D eigenvalue weighted by Crippen LogP contribution is -2.28. The summed E-state index contributed by atoms with van der Waals surface area (Å²) in [4.78, 5) is 11.8. The average molecular weight is 298 g/mol. The first kappa shape index (κ1) is 11.8.